The van der Waals surface area contributed by atoms with Gasteiger partial charge in [-0.3, -0.25) is 9.59 Å². The topological polar surface area (TPSA) is 86.8 Å². The van der Waals surface area contributed by atoms with Crippen molar-refractivity contribution in [3.8, 4) is 0 Å². The number of carbonyl (C=O) groups excluding carboxylic acids is 2. The summed E-state index contributed by atoms with van der Waals surface area (Å²) in [7, 11) is -2.60. The fourth-order valence-corrected chi connectivity index (χ4v) is 4.49. The van der Waals surface area contributed by atoms with Crippen LogP contribution in [-0.2, 0) is 26.2 Å². The van der Waals surface area contributed by atoms with Crippen LogP contribution in [0.25, 0.3) is 0 Å². The number of rotatable bonds is 10. The Balaban J connectivity index is 2.27. The Morgan fingerprint density at radius 3 is 2.24 bits per heavy atom. The van der Waals surface area contributed by atoms with Gasteiger partial charge in [-0.15, -0.1) is 0 Å². The van der Waals surface area contributed by atoms with Crippen LogP contribution in [0, 0.1) is 0 Å². The van der Waals surface area contributed by atoms with E-state index in [1.54, 1.807) is 31.2 Å². The largest absolute Gasteiger partial charge is 0.352 e. The number of likely N-dealkylation sites (N-methyl/N-ethyl adjacent to an activating group) is 1. The molecular weight excluding hydrogens is 485 g/mol. The van der Waals surface area contributed by atoms with Crippen LogP contribution in [-0.4, -0.2) is 55.1 Å². The van der Waals surface area contributed by atoms with Crippen LogP contribution in [0.15, 0.2) is 53.4 Å². The van der Waals surface area contributed by atoms with Gasteiger partial charge in [-0.1, -0.05) is 42.3 Å². The summed E-state index contributed by atoms with van der Waals surface area (Å²) in [5.74, 6) is -0.829. The zero-order valence-electron chi connectivity index (χ0n) is 19.1. The summed E-state index contributed by atoms with van der Waals surface area (Å²) in [6, 6.07) is 11.8. The summed E-state index contributed by atoms with van der Waals surface area (Å²) in [5, 5.41) is 3.78. The summed E-state index contributed by atoms with van der Waals surface area (Å²) in [4.78, 5) is 27.4. The van der Waals surface area contributed by atoms with Gasteiger partial charge in [0.05, 0.1) is 11.4 Å². The number of amides is 2. The first kappa shape index (κ1) is 27.1. The van der Waals surface area contributed by atoms with Crippen molar-refractivity contribution in [2.75, 3.05) is 13.6 Å². The van der Waals surface area contributed by atoms with Gasteiger partial charge in [0.1, 0.15) is 6.04 Å². The molecule has 2 rings (SSSR count). The maximum Gasteiger partial charge on any atom is 0.243 e. The van der Waals surface area contributed by atoms with Gasteiger partial charge in [-0.05, 0) is 62.2 Å². The molecule has 1 N–H and O–H groups in total. The SMILES string of the molecule is CCC(C)NC(=O)C(C)N(Cc1cccc(Cl)c1)C(=O)CN(C)S(=O)(=O)c1ccc(Cl)cc1. The molecule has 0 aliphatic rings. The van der Waals surface area contributed by atoms with Gasteiger partial charge in [0.25, 0.3) is 0 Å². The smallest absolute Gasteiger partial charge is 0.243 e. The molecule has 0 saturated carbocycles. The van der Waals surface area contributed by atoms with Crippen LogP contribution < -0.4 is 5.32 Å². The van der Waals surface area contributed by atoms with E-state index < -0.39 is 28.5 Å². The van der Waals surface area contributed by atoms with Crippen molar-refractivity contribution < 1.29 is 18.0 Å². The number of nitrogens with zero attached hydrogens (tertiary/aromatic N) is 2. The van der Waals surface area contributed by atoms with E-state index in [-0.39, 0.29) is 23.4 Å². The van der Waals surface area contributed by atoms with Crippen molar-refractivity contribution in [3.05, 3.63) is 64.1 Å². The van der Waals surface area contributed by atoms with Gasteiger partial charge in [-0.25, -0.2) is 8.42 Å². The van der Waals surface area contributed by atoms with Gasteiger partial charge in [0, 0.05) is 29.7 Å². The number of nitrogens with one attached hydrogen (secondary N) is 1. The lowest BCUT2D eigenvalue weighted by Gasteiger charge is -2.31. The van der Waals surface area contributed by atoms with E-state index in [4.69, 9.17) is 23.2 Å². The van der Waals surface area contributed by atoms with Crippen LogP contribution in [0.1, 0.15) is 32.8 Å². The van der Waals surface area contributed by atoms with Crippen LogP contribution in [0.3, 0.4) is 0 Å². The Bertz CT molecular complexity index is 1080. The number of sulfonamides is 1. The number of benzene rings is 2. The molecule has 33 heavy (non-hydrogen) atoms. The number of halogens is 2. The second-order valence-electron chi connectivity index (χ2n) is 7.86. The minimum atomic E-state index is -3.93. The molecule has 2 aromatic rings. The maximum atomic E-state index is 13.3. The molecule has 0 saturated heterocycles. The van der Waals surface area contributed by atoms with Crippen molar-refractivity contribution in [2.45, 2.75) is 50.7 Å². The zero-order valence-corrected chi connectivity index (χ0v) is 21.4. The molecule has 0 aromatic heterocycles. The van der Waals surface area contributed by atoms with Gasteiger partial charge in [0.2, 0.25) is 21.8 Å². The molecule has 2 atom stereocenters. The van der Waals surface area contributed by atoms with Crippen molar-refractivity contribution in [1.29, 1.82) is 0 Å². The molecule has 180 valence electrons. The second kappa shape index (κ2) is 11.8. The monoisotopic (exact) mass is 513 g/mol. The Morgan fingerprint density at radius 1 is 1.03 bits per heavy atom. The van der Waals surface area contributed by atoms with E-state index in [1.165, 1.54) is 36.2 Å². The summed E-state index contributed by atoms with van der Waals surface area (Å²) < 4.78 is 26.8. The first-order valence-electron chi connectivity index (χ1n) is 10.5. The average Bonchev–Trinajstić information content (AvgIpc) is 2.77. The molecule has 0 radical (unpaired) electrons. The quantitative estimate of drug-likeness (QED) is 0.521. The van der Waals surface area contributed by atoms with Crippen molar-refractivity contribution >= 4 is 45.0 Å². The summed E-state index contributed by atoms with van der Waals surface area (Å²) >= 11 is 11.9. The maximum absolute atomic E-state index is 13.3. The van der Waals surface area contributed by atoms with Crippen LogP contribution in [0.4, 0.5) is 0 Å². The number of hydrogen-bond acceptors (Lipinski definition) is 4. The predicted molar refractivity (Wildman–Crippen MR) is 131 cm³/mol. The third kappa shape index (κ3) is 7.43. The molecule has 0 heterocycles. The summed E-state index contributed by atoms with van der Waals surface area (Å²) in [6.07, 6.45) is 0.739. The molecule has 0 fully saturated rings. The van der Waals surface area contributed by atoms with E-state index >= 15 is 0 Å². The van der Waals surface area contributed by atoms with Gasteiger partial charge >= 0.3 is 0 Å². The summed E-state index contributed by atoms with van der Waals surface area (Å²) in [6.45, 7) is 5.10. The number of carbonyl (C=O) groups is 2. The molecule has 7 nitrogen and oxygen atoms in total. The van der Waals surface area contributed by atoms with Crippen LogP contribution >= 0.6 is 23.2 Å². The lowest BCUT2D eigenvalue weighted by atomic mass is 10.1. The third-order valence-corrected chi connectivity index (χ3v) is 7.59. The minimum absolute atomic E-state index is 0.0196. The van der Waals surface area contributed by atoms with Crippen molar-refractivity contribution in [1.82, 2.24) is 14.5 Å². The lowest BCUT2D eigenvalue weighted by molar-refractivity contribution is -0.140. The minimum Gasteiger partial charge on any atom is -0.352 e. The third-order valence-electron chi connectivity index (χ3n) is 5.29. The predicted octanol–water partition coefficient (Wildman–Crippen LogP) is 3.95. The van der Waals surface area contributed by atoms with E-state index in [0.717, 1.165) is 16.3 Å². The Hall–Kier alpha value is -2.13. The van der Waals surface area contributed by atoms with E-state index in [2.05, 4.69) is 5.32 Å². The lowest BCUT2D eigenvalue weighted by Crippen LogP contribution is -2.51. The van der Waals surface area contributed by atoms with E-state index in [0.29, 0.717) is 10.0 Å². The highest BCUT2D eigenvalue weighted by atomic mass is 35.5. The molecule has 0 aliphatic carbocycles. The van der Waals surface area contributed by atoms with E-state index in [1.807, 2.05) is 13.8 Å². The molecule has 2 amide bonds. The second-order valence-corrected chi connectivity index (χ2v) is 10.8. The summed E-state index contributed by atoms with van der Waals surface area (Å²) in [5.41, 5.74) is 0.724. The van der Waals surface area contributed by atoms with E-state index in [9.17, 15) is 18.0 Å². The first-order chi connectivity index (χ1) is 15.4. The van der Waals surface area contributed by atoms with Gasteiger partial charge in [0.15, 0.2) is 0 Å². The highest BCUT2D eigenvalue weighted by Gasteiger charge is 2.30. The standard InChI is InChI=1S/C23H29Cl2N3O4S/c1-5-16(2)26-23(30)17(3)28(14-18-7-6-8-20(25)13-18)22(29)15-27(4)33(31,32)21-11-9-19(24)10-12-21/h6-13,16-17H,5,14-15H2,1-4H3,(H,26,30). The van der Waals surface area contributed by atoms with Gasteiger partial charge < -0.3 is 10.2 Å². The Morgan fingerprint density at radius 2 is 1.67 bits per heavy atom. The Kier molecular flexibility index (Phi) is 9.72. The Labute approximate surface area is 205 Å². The van der Waals surface area contributed by atoms with Crippen LogP contribution in [0.2, 0.25) is 10.0 Å². The highest BCUT2D eigenvalue weighted by molar-refractivity contribution is 7.89. The molecule has 0 bridgehead atoms. The molecule has 2 aromatic carbocycles. The molecule has 0 aliphatic heterocycles. The fourth-order valence-electron chi connectivity index (χ4n) is 3.03. The van der Waals surface area contributed by atoms with Crippen molar-refractivity contribution in [3.63, 3.8) is 0 Å². The number of hydrogen-bond donors (Lipinski definition) is 1. The van der Waals surface area contributed by atoms with Gasteiger partial charge in [-0.2, -0.15) is 4.31 Å². The highest BCUT2D eigenvalue weighted by Crippen LogP contribution is 2.19. The molecule has 10 heteroatoms. The fraction of sp³-hybridized carbons (Fsp3) is 0.391. The zero-order chi connectivity index (χ0) is 24.8. The average molecular weight is 514 g/mol. The molecule has 0 spiro atoms. The first-order valence-corrected chi connectivity index (χ1v) is 12.7. The normalized spacial score (nSPS) is 13.4. The van der Waals surface area contributed by atoms with Crippen LogP contribution in [0.5, 0.6) is 0 Å². The molecular formula is C23H29Cl2N3O4S. The molecule has 2 unspecified atom stereocenters. The van der Waals surface area contributed by atoms with Crippen molar-refractivity contribution in [2.24, 2.45) is 0 Å².